The number of amides is 1. The minimum Gasteiger partial charge on any atom is -0.480 e. The first kappa shape index (κ1) is 24.3. The maximum atomic E-state index is 12.3. The van der Waals surface area contributed by atoms with Gasteiger partial charge in [-0.05, 0) is 23.5 Å². The first-order chi connectivity index (χ1) is 11.3. The molecule has 0 radical (unpaired) electrons. The van der Waals surface area contributed by atoms with Gasteiger partial charge in [-0.1, -0.05) is 63.1 Å². The van der Waals surface area contributed by atoms with Crippen molar-refractivity contribution in [1.29, 1.82) is 0 Å². The summed E-state index contributed by atoms with van der Waals surface area (Å²) >= 11 is 0. The number of rotatable bonds is 12. The molecule has 0 aromatic rings. The van der Waals surface area contributed by atoms with Gasteiger partial charge in [-0.2, -0.15) is 0 Å². The van der Waals surface area contributed by atoms with E-state index in [1.807, 2.05) is 47.8 Å². The van der Waals surface area contributed by atoms with Crippen LogP contribution < -0.4 is 5.32 Å². The van der Waals surface area contributed by atoms with Gasteiger partial charge >= 0.3 is 5.97 Å². The summed E-state index contributed by atoms with van der Waals surface area (Å²) in [6.45, 7) is 11.9. The lowest BCUT2D eigenvalue weighted by Crippen LogP contribution is -2.44. The molecule has 0 spiro atoms. The van der Waals surface area contributed by atoms with E-state index >= 15 is 0 Å². The van der Waals surface area contributed by atoms with Gasteiger partial charge in [0.05, 0.1) is 0 Å². The molecular weight excluding hydrogens is 358 g/mol. The predicted molar refractivity (Wildman–Crippen MR) is 107 cm³/mol. The van der Waals surface area contributed by atoms with Crippen LogP contribution in [0.25, 0.3) is 0 Å². The standard InChI is InChI=1S/C18H33NO4S2/c1-12(2)14(20)8-17(3,4)11-18(5,6)9-15(21)19-13(16(22)23)10-25-24-7/h12-13H,8-11H2,1-7H3,(H,19,21)(H,22,23). The van der Waals surface area contributed by atoms with Gasteiger partial charge in [0.25, 0.3) is 0 Å². The van der Waals surface area contributed by atoms with E-state index in [-0.39, 0.29) is 34.9 Å². The molecule has 0 fully saturated rings. The highest BCUT2D eigenvalue weighted by Crippen LogP contribution is 2.39. The largest absolute Gasteiger partial charge is 0.480 e. The molecule has 7 heteroatoms. The smallest absolute Gasteiger partial charge is 0.327 e. The van der Waals surface area contributed by atoms with Crippen LogP contribution in [0.2, 0.25) is 0 Å². The Kier molecular flexibility index (Phi) is 10.2. The van der Waals surface area contributed by atoms with Crippen molar-refractivity contribution in [3.8, 4) is 0 Å². The summed E-state index contributed by atoms with van der Waals surface area (Å²) in [6, 6.07) is -0.878. The van der Waals surface area contributed by atoms with E-state index in [0.717, 1.165) is 0 Å². The van der Waals surface area contributed by atoms with Crippen molar-refractivity contribution >= 4 is 39.2 Å². The molecule has 0 saturated heterocycles. The molecule has 1 amide bonds. The number of Topliss-reactive ketones (excluding diaryl/α,β-unsaturated/α-hetero) is 1. The highest BCUT2D eigenvalue weighted by Gasteiger charge is 2.33. The van der Waals surface area contributed by atoms with Gasteiger partial charge in [0, 0.05) is 24.5 Å². The minimum atomic E-state index is -1.02. The molecule has 0 aliphatic heterocycles. The molecule has 0 rings (SSSR count). The summed E-state index contributed by atoms with van der Waals surface area (Å²) in [4.78, 5) is 35.6. The molecule has 0 aliphatic rings. The van der Waals surface area contributed by atoms with Crippen molar-refractivity contribution in [3.63, 3.8) is 0 Å². The van der Waals surface area contributed by atoms with Crippen LogP contribution in [0, 0.1) is 16.7 Å². The molecule has 0 aromatic heterocycles. The van der Waals surface area contributed by atoms with Crippen molar-refractivity contribution in [3.05, 3.63) is 0 Å². The van der Waals surface area contributed by atoms with Gasteiger partial charge in [-0.3, -0.25) is 9.59 Å². The fourth-order valence-corrected chi connectivity index (χ4v) is 4.40. The molecule has 0 bridgehead atoms. The number of ketones is 1. The number of nitrogens with one attached hydrogen (secondary N) is 1. The Morgan fingerprint density at radius 2 is 1.56 bits per heavy atom. The Morgan fingerprint density at radius 1 is 1.04 bits per heavy atom. The van der Waals surface area contributed by atoms with Crippen LogP contribution >= 0.6 is 21.6 Å². The van der Waals surface area contributed by atoms with Gasteiger partial charge in [-0.25, -0.2) is 4.79 Å². The number of carbonyl (C=O) groups excluding carboxylic acids is 2. The van der Waals surface area contributed by atoms with E-state index in [0.29, 0.717) is 18.6 Å². The fraction of sp³-hybridized carbons (Fsp3) is 0.833. The molecule has 5 nitrogen and oxygen atoms in total. The number of aliphatic carboxylic acids is 1. The van der Waals surface area contributed by atoms with E-state index < -0.39 is 12.0 Å². The molecule has 0 aromatic carbocycles. The lowest BCUT2D eigenvalue weighted by Gasteiger charge is -2.35. The molecule has 2 N–H and O–H groups in total. The summed E-state index contributed by atoms with van der Waals surface area (Å²) < 4.78 is 0. The molecule has 0 aliphatic carbocycles. The number of hydrogen-bond donors (Lipinski definition) is 2. The summed E-state index contributed by atoms with van der Waals surface area (Å²) in [5, 5.41) is 11.8. The van der Waals surface area contributed by atoms with Crippen LogP contribution in [0.3, 0.4) is 0 Å². The summed E-state index contributed by atoms with van der Waals surface area (Å²) in [7, 11) is 2.88. The van der Waals surface area contributed by atoms with E-state index in [2.05, 4.69) is 5.32 Å². The van der Waals surface area contributed by atoms with Gasteiger partial charge < -0.3 is 10.4 Å². The summed E-state index contributed by atoms with van der Waals surface area (Å²) in [5.41, 5.74) is -0.521. The second-order valence-corrected chi connectivity index (χ2v) is 11.0. The van der Waals surface area contributed by atoms with Crippen molar-refractivity contribution in [1.82, 2.24) is 5.32 Å². The van der Waals surface area contributed by atoms with Gasteiger partial charge in [0.1, 0.15) is 11.8 Å². The molecule has 1 unspecified atom stereocenters. The lowest BCUT2D eigenvalue weighted by atomic mass is 9.70. The second-order valence-electron chi connectivity index (χ2n) is 8.39. The van der Waals surface area contributed by atoms with Crippen LogP contribution in [0.15, 0.2) is 0 Å². The zero-order valence-electron chi connectivity index (χ0n) is 16.5. The maximum Gasteiger partial charge on any atom is 0.327 e. The third-order valence-corrected chi connectivity index (χ3v) is 5.70. The number of carboxylic acids is 1. The highest BCUT2D eigenvalue weighted by atomic mass is 33.1. The first-order valence-electron chi connectivity index (χ1n) is 8.50. The quantitative estimate of drug-likeness (QED) is 0.489. The van der Waals surface area contributed by atoms with Crippen molar-refractivity contribution in [2.75, 3.05) is 12.0 Å². The Labute approximate surface area is 159 Å². The average Bonchev–Trinajstić information content (AvgIpc) is 2.40. The van der Waals surface area contributed by atoms with Crippen LogP contribution in [0.1, 0.15) is 60.8 Å². The highest BCUT2D eigenvalue weighted by molar-refractivity contribution is 8.76. The minimum absolute atomic E-state index is 0.0101. The molecule has 146 valence electrons. The SMILES string of the molecule is CSSCC(NC(=O)CC(C)(C)CC(C)(C)CC(=O)C(C)C)C(=O)O. The molecule has 0 heterocycles. The predicted octanol–water partition coefficient (Wildman–Crippen LogP) is 4.01. The number of carbonyl (C=O) groups is 3. The monoisotopic (exact) mass is 391 g/mol. The molecular formula is C18H33NO4S2. The van der Waals surface area contributed by atoms with E-state index in [1.165, 1.54) is 21.6 Å². The van der Waals surface area contributed by atoms with Gasteiger partial charge in [0.15, 0.2) is 0 Å². The van der Waals surface area contributed by atoms with Crippen LogP contribution in [0.5, 0.6) is 0 Å². The Morgan fingerprint density at radius 3 is 2.00 bits per heavy atom. The summed E-state index contributed by atoms with van der Waals surface area (Å²) in [6.07, 6.45) is 3.30. The van der Waals surface area contributed by atoms with Crippen molar-refractivity contribution in [2.24, 2.45) is 16.7 Å². The van der Waals surface area contributed by atoms with E-state index in [1.54, 1.807) is 0 Å². The lowest BCUT2D eigenvalue weighted by molar-refractivity contribution is -0.141. The molecule has 1 atom stereocenters. The Balaban J connectivity index is 4.74. The van der Waals surface area contributed by atoms with Crippen LogP contribution in [-0.4, -0.2) is 40.8 Å². The van der Waals surface area contributed by atoms with Crippen molar-refractivity contribution < 1.29 is 19.5 Å². The average molecular weight is 392 g/mol. The normalized spacial score (nSPS) is 13.6. The van der Waals surface area contributed by atoms with E-state index in [9.17, 15) is 19.5 Å². The van der Waals surface area contributed by atoms with Gasteiger partial charge in [-0.15, -0.1) is 0 Å². The fourth-order valence-electron chi connectivity index (χ4n) is 3.09. The summed E-state index contributed by atoms with van der Waals surface area (Å²) in [5.74, 6) is -0.710. The number of hydrogen-bond acceptors (Lipinski definition) is 5. The Bertz CT molecular complexity index is 476. The molecule has 0 saturated carbocycles. The van der Waals surface area contributed by atoms with Crippen LogP contribution in [0.4, 0.5) is 0 Å². The molecule has 25 heavy (non-hydrogen) atoms. The van der Waals surface area contributed by atoms with Crippen molar-refractivity contribution in [2.45, 2.75) is 66.8 Å². The zero-order valence-corrected chi connectivity index (χ0v) is 18.1. The first-order valence-corrected chi connectivity index (χ1v) is 11.2. The zero-order chi connectivity index (χ0) is 19.8. The van der Waals surface area contributed by atoms with E-state index in [4.69, 9.17) is 0 Å². The number of carboxylic acid groups (broad SMARTS) is 1. The van der Waals surface area contributed by atoms with Gasteiger partial charge in [0.2, 0.25) is 5.91 Å². The third kappa shape index (κ3) is 10.8. The maximum absolute atomic E-state index is 12.3. The topological polar surface area (TPSA) is 83.5 Å². The second kappa shape index (κ2) is 10.5. The Hall–Kier alpha value is -0.690. The van der Waals surface area contributed by atoms with Crippen LogP contribution in [-0.2, 0) is 14.4 Å². The third-order valence-electron chi connectivity index (χ3n) is 3.88.